The molecule has 0 aromatic carbocycles. The van der Waals surface area contributed by atoms with E-state index in [0.29, 0.717) is 11.0 Å². The maximum atomic E-state index is 5.66. The number of hydrogen-bond acceptors (Lipinski definition) is 3. The lowest BCUT2D eigenvalue weighted by molar-refractivity contribution is 0.527. The third-order valence-corrected chi connectivity index (χ3v) is 3.04. The predicted molar refractivity (Wildman–Crippen MR) is 82.0 cm³/mol. The highest BCUT2D eigenvalue weighted by molar-refractivity contribution is 7.80. The van der Waals surface area contributed by atoms with Crippen LogP contribution in [0.1, 0.15) is 44.9 Å². The fourth-order valence-electron chi connectivity index (χ4n) is 1.79. The maximum absolute atomic E-state index is 5.66. The zero-order chi connectivity index (χ0) is 13.7. The Balaban J connectivity index is 2.69. The van der Waals surface area contributed by atoms with Crippen molar-refractivity contribution >= 4 is 23.0 Å². The van der Waals surface area contributed by atoms with Crippen LogP contribution in [0.15, 0.2) is 12.1 Å². The molecule has 0 amide bonds. The Morgan fingerprint density at radius 3 is 2.56 bits per heavy atom. The average Bonchev–Trinajstić information content (AvgIpc) is 2.25. The topological polar surface area (TPSA) is 50.9 Å². The summed E-state index contributed by atoms with van der Waals surface area (Å²) in [7, 11) is 0. The number of anilines is 1. The zero-order valence-electron chi connectivity index (χ0n) is 11.7. The summed E-state index contributed by atoms with van der Waals surface area (Å²) in [5.74, 6) is 1.58. The van der Waals surface area contributed by atoms with Crippen molar-refractivity contribution in [3.63, 3.8) is 0 Å². The van der Waals surface area contributed by atoms with Crippen LogP contribution < -0.4 is 11.1 Å². The molecule has 4 heteroatoms. The third-order valence-electron chi connectivity index (χ3n) is 2.81. The van der Waals surface area contributed by atoms with Gasteiger partial charge in [0.05, 0.1) is 0 Å². The molecule has 0 spiro atoms. The molecule has 0 bridgehead atoms. The summed E-state index contributed by atoms with van der Waals surface area (Å²) in [5.41, 5.74) is 7.46. The van der Waals surface area contributed by atoms with Crippen LogP contribution in [0.3, 0.4) is 0 Å². The van der Waals surface area contributed by atoms with Gasteiger partial charge in [0.25, 0.3) is 0 Å². The van der Waals surface area contributed by atoms with E-state index < -0.39 is 0 Å². The van der Waals surface area contributed by atoms with Gasteiger partial charge in [-0.1, -0.05) is 26.1 Å². The van der Waals surface area contributed by atoms with Crippen LogP contribution in [0.2, 0.25) is 0 Å². The first kappa shape index (κ1) is 14.9. The van der Waals surface area contributed by atoms with Gasteiger partial charge in [0, 0.05) is 17.3 Å². The monoisotopic (exact) mass is 265 g/mol. The van der Waals surface area contributed by atoms with Gasteiger partial charge in [-0.25, -0.2) is 4.98 Å². The number of aryl methyl sites for hydroxylation is 1. The quantitative estimate of drug-likeness (QED) is 0.775. The molecule has 3 nitrogen and oxygen atoms in total. The SMILES string of the molecule is Cc1cc(C(N)=S)cc(NC(C)CCC(C)C)n1. The lowest BCUT2D eigenvalue weighted by Crippen LogP contribution is -2.18. The Hall–Kier alpha value is -1.16. The number of nitrogens with zero attached hydrogens (tertiary/aromatic N) is 1. The average molecular weight is 265 g/mol. The summed E-state index contributed by atoms with van der Waals surface area (Å²) in [5, 5.41) is 3.41. The summed E-state index contributed by atoms with van der Waals surface area (Å²) in [6.07, 6.45) is 2.35. The molecule has 100 valence electrons. The molecule has 0 aliphatic carbocycles. The molecule has 1 atom stereocenters. The minimum Gasteiger partial charge on any atom is -0.389 e. The summed E-state index contributed by atoms with van der Waals surface area (Å²) in [4.78, 5) is 4.87. The summed E-state index contributed by atoms with van der Waals surface area (Å²) >= 11 is 5.00. The second-order valence-corrected chi connectivity index (χ2v) is 5.70. The largest absolute Gasteiger partial charge is 0.389 e. The molecule has 1 heterocycles. The van der Waals surface area contributed by atoms with Gasteiger partial charge < -0.3 is 11.1 Å². The minimum atomic E-state index is 0.404. The minimum absolute atomic E-state index is 0.404. The Bertz CT molecular complexity index is 416. The number of nitrogens with two attached hydrogens (primary N) is 1. The van der Waals surface area contributed by atoms with E-state index in [1.54, 1.807) is 0 Å². The van der Waals surface area contributed by atoms with Crippen LogP contribution in [0.25, 0.3) is 0 Å². The van der Waals surface area contributed by atoms with Gasteiger partial charge in [-0.05, 0) is 44.7 Å². The van der Waals surface area contributed by atoms with E-state index in [-0.39, 0.29) is 0 Å². The second-order valence-electron chi connectivity index (χ2n) is 5.26. The second kappa shape index (κ2) is 6.69. The van der Waals surface area contributed by atoms with E-state index in [4.69, 9.17) is 18.0 Å². The number of hydrogen-bond donors (Lipinski definition) is 2. The highest BCUT2D eigenvalue weighted by atomic mass is 32.1. The van der Waals surface area contributed by atoms with Gasteiger partial charge in [0.1, 0.15) is 10.8 Å². The van der Waals surface area contributed by atoms with Crippen molar-refractivity contribution in [1.29, 1.82) is 0 Å². The predicted octanol–water partition coefficient (Wildman–Crippen LogP) is 3.26. The van der Waals surface area contributed by atoms with E-state index in [1.165, 1.54) is 6.42 Å². The lowest BCUT2D eigenvalue weighted by Gasteiger charge is -2.16. The highest BCUT2D eigenvalue weighted by Gasteiger charge is 2.07. The Morgan fingerprint density at radius 1 is 1.33 bits per heavy atom. The van der Waals surface area contributed by atoms with Crippen LogP contribution >= 0.6 is 12.2 Å². The first-order valence-electron chi connectivity index (χ1n) is 6.43. The van der Waals surface area contributed by atoms with E-state index >= 15 is 0 Å². The van der Waals surface area contributed by atoms with Crippen molar-refractivity contribution in [2.75, 3.05) is 5.32 Å². The number of rotatable bonds is 6. The first-order chi connectivity index (χ1) is 8.38. The van der Waals surface area contributed by atoms with Crippen LogP contribution in [-0.2, 0) is 0 Å². The van der Waals surface area contributed by atoms with E-state index in [1.807, 2.05) is 19.1 Å². The van der Waals surface area contributed by atoms with Crippen LogP contribution in [0.4, 0.5) is 5.82 Å². The molecule has 0 saturated heterocycles. The molecule has 3 N–H and O–H groups in total. The van der Waals surface area contributed by atoms with Gasteiger partial charge >= 0.3 is 0 Å². The smallest absolute Gasteiger partial charge is 0.127 e. The molecular weight excluding hydrogens is 242 g/mol. The molecule has 18 heavy (non-hydrogen) atoms. The van der Waals surface area contributed by atoms with Gasteiger partial charge in [-0.15, -0.1) is 0 Å². The van der Waals surface area contributed by atoms with Crippen molar-refractivity contribution in [3.8, 4) is 0 Å². The number of nitrogens with one attached hydrogen (secondary N) is 1. The number of thiocarbonyl (C=S) groups is 1. The summed E-state index contributed by atoms with van der Waals surface area (Å²) in [6, 6.07) is 4.23. The van der Waals surface area contributed by atoms with E-state index in [2.05, 4.69) is 31.1 Å². The van der Waals surface area contributed by atoms with Gasteiger partial charge in [0.15, 0.2) is 0 Å². The standard InChI is InChI=1S/C14H23N3S/c1-9(2)5-6-10(3)16-13-8-12(14(15)18)7-11(4)17-13/h7-10H,5-6H2,1-4H3,(H2,15,18)(H,16,17). The number of pyridine rings is 1. The van der Waals surface area contributed by atoms with Gasteiger partial charge in [-0.2, -0.15) is 0 Å². The van der Waals surface area contributed by atoms with Crippen molar-refractivity contribution in [1.82, 2.24) is 4.98 Å². The van der Waals surface area contributed by atoms with Crippen LogP contribution in [-0.4, -0.2) is 16.0 Å². The molecule has 1 unspecified atom stereocenters. The lowest BCUT2D eigenvalue weighted by atomic mass is 10.0. The number of aromatic nitrogens is 1. The van der Waals surface area contributed by atoms with Crippen molar-refractivity contribution in [2.45, 2.75) is 46.6 Å². The molecule has 1 aromatic rings. The molecule has 1 aromatic heterocycles. The Labute approximate surface area is 115 Å². The molecule has 0 saturated carbocycles. The fraction of sp³-hybridized carbons (Fsp3) is 0.571. The Morgan fingerprint density at radius 2 is 2.00 bits per heavy atom. The molecule has 0 aliphatic heterocycles. The third kappa shape index (κ3) is 5.00. The normalized spacial score (nSPS) is 12.5. The Kier molecular flexibility index (Phi) is 5.54. The molecule has 0 aliphatic rings. The zero-order valence-corrected chi connectivity index (χ0v) is 12.5. The molecule has 1 rings (SSSR count). The summed E-state index contributed by atoms with van der Waals surface area (Å²) in [6.45, 7) is 8.60. The van der Waals surface area contributed by atoms with E-state index in [9.17, 15) is 0 Å². The van der Waals surface area contributed by atoms with Crippen LogP contribution in [0, 0.1) is 12.8 Å². The molecular formula is C14H23N3S. The van der Waals surface area contributed by atoms with Crippen molar-refractivity contribution < 1.29 is 0 Å². The van der Waals surface area contributed by atoms with Crippen LogP contribution in [0.5, 0.6) is 0 Å². The van der Waals surface area contributed by atoms with E-state index in [0.717, 1.165) is 29.4 Å². The maximum Gasteiger partial charge on any atom is 0.127 e. The first-order valence-corrected chi connectivity index (χ1v) is 6.84. The van der Waals surface area contributed by atoms with Gasteiger partial charge in [0.2, 0.25) is 0 Å². The van der Waals surface area contributed by atoms with Crippen molar-refractivity contribution in [3.05, 3.63) is 23.4 Å². The van der Waals surface area contributed by atoms with Crippen molar-refractivity contribution in [2.24, 2.45) is 11.7 Å². The summed E-state index contributed by atoms with van der Waals surface area (Å²) < 4.78 is 0. The van der Waals surface area contributed by atoms with Gasteiger partial charge in [-0.3, -0.25) is 0 Å². The fourth-order valence-corrected chi connectivity index (χ4v) is 1.91. The molecule has 0 fully saturated rings. The molecule has 0 radical (unpaired) electrons. The highest BCUT2D eigenvalue weighted by Crippen LogP contribution is 2.14.